The molecule has 1 aliphatic rings. The third-order valence-electron chi connectivity index (χ3n) is 3.65. The van der Waals surface area contributed by atoms with Crippen molar-refractivity contribution in [2.45, 2.75) is 6.92 Å². The van der Waals surface area contributed by atoms with Gasteiger partial charge in [-0.25, -0.2) is 0 Å². The zero-order valence-electron chi connectivity index (χ0n) is 10.9. The molecule has 1 aliphatic heterocycles. The van der Waals surface area contributed by atoms with E-state index in [0.717, 1.165) is 48.5 Å². The lowest BCUT2D eigenvalue weighted by atomic mass is 10.1. The molecule has 2 aromatic rings. The van der Waals surface area contributed by atoms with Gasteiger partial charge in [0.15, 0.2) is 0 Å². The predicted molar refractivity (Wildman–Crippen MR) is 75.0 cm³/mol. The normalized spacial score (nSPS) is 16.1. The van der Waals surface area contributed by atoms with E-state index >= 15 is 0 Å². The van der Waals surface area contributed by atoms with Crippen LogP contribution >= 0.6 is 0 Å². The van der Waals surface area contributed by atoms with E-state index in [4.69, 9.17) is 5.73 Å². The van der Waals surface area contributed by atoms with Crippen molar-refractivity contribution in [1.82, 2.24) is 15.1 Å². The van der Waals surface area contributed by atoms with E-state index in [1.807, 2.05) is 17.0 Å². The highest BCUT2D eigenvalue weighted by molar-refractivity contribution is 5.89. The number of piperazine rings is 1. The van der Waals surface area contributed by atoms with Gasteiger partial charge in [-0.1, -0.05) is 0 Å². The van der Waals surface area contributed by atoms with Crippen LogP contribution in [0.1, 0.15) is 6.92 Å². The number of nitrogen functional groups attached to an aromatic ring is 1. The molecular formula is C13H17N5O. The smallest absolute Gasteiger partial charge is 0.219 e. The first-order chi connectivity index (χ1) is 9.15. The number of carbonyl (C=O) groups is 1. The fourth-order valence-corrected chi connectivity index (χ4v) is 2.53. The van der Waals surface area contributed by atoms with Gasteiger partial charge in [0.1, 0.15) is 0 Å². The molecule has 0 atom stereocenters. The molecule has 1 aromatic heterocycles. The quantitative estimate of drug-likeness (QED) is 0.743. The molecule has 0 unspecified atom stereocenters. The van der Waals surface area contributed by atoms with Crippen LogP contribution in [-0.2, 0) is 4.79 Å². The molecule has 6 nitrogen and oxygen atoms in total. The van der Waals surface area contributed by atoms with E-state index in [2.05, 4.69) is 15.1 Å². The van der Waals surface area contributed by atoms with Gasteiger partial charge in [-0.15, -0.1) is 0 Å². The number of aromatic nitrogens is 2. The highest BCUT2D eigenvalue weighted by atomic mass is 16.2. The number of nitrogens with one attached hydrogen (secondary N) is 1. The fourth-order valence-electron chi connectivity index (χ4n) is 2.53. The third kappa shape index (κ3) is 2.09. The first-order valence-electron chi connectivity index (χ1n) is 6.38. The van der Waals surface area contributed by atoms with E-state index in [1.165, 1.54) is 0 Å². The van der Waals surface area contributed by atoms with Crippen LogP contribution in [0.3, 0.4) is 0 Å². The molecule has 1 saturated heterocycles. The summed E-state index contributed by atoms with van der Waals surface area (Å²) in [7, 11) is 0. The first-order valence-corrected chi connectivity index (χ1v) is 6.38. The summed E-state index contributed by atoms with van der Waals surface area (Å²) in [6.45, 7) is 4.72. The molecule has 6 heteroatoms. The van der Waals surface area contributed by atoms with Gasteiger partial charge in [0, 0.05) is 38.5 Å². The minimum absolute atomic E-state index is 0.136. The maximum Gasteiger partial charge on any atom is 0.219 e. The minimum atomic E-state index is 0.136. The van der Waals surface area contributed by atoms with Gasteiger partial charge in [-0.3, -0.25) is 9.89 Å². The summed E-state index contributed by atoms with van der Waals surface area (Å²) in [5, 5.41) is 7.99. The van der Waals surface area contributed by atoms with Crippen LogP contribution in [0.5, 0.6) is 0 Å². The summed E-state index contributed by atoms with van der Waals surface area (Å²) in [4.78, 5) is 15.4. The molecule has 0 aliphatic carbocycles. The van der Waals surface area contributed by atoms with Crippen molar-refractivity contribution in [3.63, 3.8) is 0 Å². The van der Waals surface area contributed by atoms with E-state index in [9.17, 15) is 4.79 Å². The summed E-state index contributed by atoms with van der Waals surface area (Å²) in [6.07, 6.45) is 1.77. The van der Waals surface area contributed by atoms with Crippen molar-refractivity contribution in [1.29, 1.82) is 0 Å². The summed E-state index contributed by atoms with van der Waals surface area (Å²) < 4.78 is 0. The van der Waals surface area contributed by atoms with Crippen LogP contribution in [-0.4, -0.2) is 47.2 Å². The second-order valence-electron chi connectivity index (χ2n) is 4.86. The Morgan fingerprint density at radius 2 is 2.05 bits per heavy atom. The first kappa shape index (κ1) is 11.8. The Labute approximate surface area is 111 Å². The van der Waals surface area contributed by atoms with Crippen LogP contribution in [0.4, 0.5) is 11.4 Å². The number of H-pyrrole nitrogens is 1. The number of nitrogens with two attached hydrogens (primary N) is 1. The van der Waals surface area contributed by atoms with Crippen LogP contribution in [0.2, 0.25) is 0 Å². The minimum Gasteiger partial charge on any atom is -0.397 e. The van der Waals surface area contributed by atoms with Gasteiger partial charge in [0.25, 0.3) is 0 Å². The van der Waals surface area contributed by atoms with Crippen molar-refractivity contribution in [2.75, 3.05) is 36.8 Å². The number of anilines is 2. The topological polar surface area (TPSA) is 78.2 Å². The highest BCUT2D eigenvalue weighted by Crippen LogP contribution is 2.28. The summed E-state index contributed by atoms with van der Waals surface area (Å²) in [6, 6.07) is 3.96. The molecule has 3 rings (SSSR count). The highest BCUT2D eigenvalue weighted by Gasteiger charge is 2.20. The maximum absolute atomic E-state index is 11.3. The van der Waals surface area contributed by atoms with Gasteiger partial charge < -0.3 is 15.5 Å². The Balaban J connectivity index is 1.85. The zero-order chi connectivity index (χ0) is 13.4. The maximum atomic E-state index is 11.3. The van der Waals surface area contributed by atoms with Crippen molar-refractivity contribution >= 4 is 28.2 Å². The monoisotopic (exact) mass is 259 g/mol. The summed E-state index contributed by atoms with van der Waals surface area (Å²) in [5.74, 6) is 0.136. The van der Waals surface area contributed by atoms with Crippen LogP contribution in [0, 0.1) is 0 Å². The Bertz CT molecular complexity index is 613. The summed E-state index contributed by atoms with van der Waals surface area (Å²) >= 11 is 0. The van der Waals surface area contributed by atoms with Crippen LogP contribution < -0.4 is 10.6 Å². The summed E-state index contributed by atoms with van der Waals surface area (Å²) in [5.41, 5.74) is 8.86. The second kappa shape index (κ2) is 4.46. The SMILES string of the molecule is CC(=O)N1CCN(c2cc3[nH]ncc3cc2N)CC1. The number of hydrogen-bond acceptors (Lipinski definition) is 4. The second-order valence-corrected chi connectivity index (χ2v) is 4.86. The van der Waals surface area contributed by atoms with Crippen molar-refractivity contribution < 1.29 is 4.79 Å². The van der Waals surface area contributed by atoms with E-state index in [-0.39, 0.29) is 5.91 Å². The van der Waals surface area contributed by atoms with Crippen LogP contribution in [0.25, 0.3) is 10.9 Å². The molecule has 0 bridgehead atoms. The van der Waals surface area contributed by atoms with Gasteiger partial charge >= 0.3 is 0 Å². The molecule has 3 N–H and O–H groups in total. The number of nitrogens with zero attached hydrogens (tertiary/aromatic N) is 3. The Morgan fingerprint density at radius 3 is 2.74 bits per heavy atom. The number of amides is 1. The van der Waals surface area contributed by atoms with E-state index in [1.54, 1.807) is 13.1 Å². The number of carbonyl (C=O) groups excluding carboxylic acids is 1. The van der Waals surface area contributed by atoms with Crippen molar-refractivity contribution in [3.8, 4) is 0 Å². The Morgan fingerprint density at radius 1 is 1.32 bits per heavy atom. The van der Waals surface area contributed by atoms with E-state index in [0.29, 0.717) is 0 Å². The lowest BCUT2D eigenvalue weighted by molar-refractivity contribution is -0.129. The molecule has 0 saturated carbocycles. The standard InChI is InChI=1S/C13H17N5O/c1-9(19)17-2-4-18(5-3-17)13-7-12-10(6-11(13)14)8-15-16-12/h6-8H,2-5,14H2,1H3,(H,15,16). The average molecular weight is 259 g/mol. The van der Waals surface area contributed by atoms with Crippen molar-refractivity contribution in [3.05, 3.63) is 18.3 Å². The Hall–Kier alpha value is -2.24. The number of fused-ring (bicyclic) bond motifs is 1. The van der Waals surface area contributed by atoms with Crippen LogP contribution in [0.15, 0.2) is 18.3 Å². The van der Waals surface area contributed by atoms with Gasteiger partial charge in [0.05, 0.1) is 23.1 Å². The number of benzene rings is 1. The number of rotatable bonds is 1. The molecule has 1 aromatic carbocycles. The molecule has 19 heavy (non-hydrogen) atoms. The molecule has 0 spiro atoms. The lowest BCUT2D eigenvalue weighted by Crippen LogP contribution is -2.48. The Kier molecular flexibility index (Phi) is 2.77. The predicted octanol–water partition coefficient (Wildman–Crippen LogP) is 0.814. The largest absolute Gasteiger partial charge is 0.397 e. The molecule has 1 fully saturated rings. The van der Waals surface area contributed by atoms with E-state index < -0.39 is 0 Å². The molecule has 100 valence electrons. The molecule has 1 amide bonds. The van der Waals surface area contributed by atoms with Gasteiger partial charge in [-0.05, 0) is 12.1 Å². The average Bonchev–Trinajstić information content (AvgIpc) is 2.85. The zero-order valence-corrected chi connectivity index (χ0v) is 10.9. The number of hydrogen-bond donors (Lipinski definition) is 2. The molecular weight excluding hydrogens is 242 g/mol. The lowest BCUT2D eigenvalue weighted by Gasteiger charge is -2.36. The third-order valence-corrected chi connectivity index (χ3v) is 3.65. The molecule has 0 radical (unpaired) electrons. The molecule has 2 heterocycles. The van der Waals surface area contributed by atoms with Gasteiger partial charge in [0.2, 0.25) is 5.91 Å². The van der Waals surface area contributed by atoms with Crippen molar-refractivity contribution in [2.24, 2.45) is 0 Å². The fraction of sp³-hybridized carbons (Fsp3) is 0.385. The number of aromatic amines is 1. The van der Waals surface area contributed by atoms with Gasteiger partial charge in [-0.2, -0.15) is 5.10 Å².